The number of nitrogens with one attached hydrogen (secondary N) is 1. The average molecular weight is 312 g/mol. The fourth-order valence-corrected chi connectivity index (χ4v) is 2.03. The van der Waals surface area contributed by atoms with Gasteiger partial charge in [0.2, 0.25) is 0 Å². The van der Waals surface area contributed by atoms with Gasteiger partial charge in [0.15, 0.2) is 5.82 Å². The van der Waals surface area contributed by atoms with Gasteiger partial charge < -0.3 is 10.1 Å². The number of carbonyl (C=O) groups is 1. The van der Waals surface area contributed by atoms with Gasteiger partial charge in [0.1, 0.15) is 11.4 Å². The SMILES string of the molecule is COC(=O)c1c(Nc2ccc(F)cc2C)ccc(Cl)c1F. The van der Waals surface area contributed by atoms with Crippen molar-refractivity contribution in [2.45, 2.75) is 6.92 Å². The number of halogens is 3. The quantitative estimate of drug-likeness (QED) is 0.851. The Bertz CT molecular complexity index is 704. The van der Waals surface area contributed by atoms with Crippen LogP contribution in [-0.4, -0.2) is 13.1 Å². The maximum Gasteiger partial charge on any atom is 0.343 e. The highest BCUT2D eigenvalue weighted by Crippen LogP contribution is 2.30. The topological polar surface area (TPSA) is 38.3 Å². The second kappa shape index (κ2) is 6.10. The van der Waals surface area contributed by atoms with Crippen LogP contribution in [-0.2, 0) is 4.74 Å². The van der Waals surface area contributed by atoms with Crippen LogP contribution in [0.1, 0.15) is 15.9 Å². The van der Waals surface area contributed by atoms with E-state index in [9.17, 15) is 13.6 Å². The van der Waals surface area contributed by atoms with Crippen molar-refractivity contribution in [3.05, 3.63) is 58.1 Å². The highest BCUT2D eigenvalue weighted by atomic mass is 35.5. The summed E-state index contributed by atoms with van der Waals surface area (Å²) in [6.07, 6.45) is 0. The van der Waals surface area contributed by atoms with Gasteiger partial charge in [0.05, 0.1) is 17.8 Å². The Morgan fingerprint density at radius 2 is 1.86 bits per heavy atom. The van der Waals surface area contributed by atoms with Crippen molar-refractivity contribution in [3.8, 4) is 0 Å². The molecule has 1 N–H and O–H groups in total. The Kier molecular flexibility index (Phi) is 4.43. The van der Waals surface area contributed by atoms with Crippen molar-refractivity contribution < 1.29 is 18.3 Å². The number of hydrogen-bond donors (Lipinski definition) is 1. The summed E-state index contributed by atoms with van der Waals surface area (Å²) in [5, 5.41) is 2.70. The molecule has 2 aromatic rings. The Morgan fingerprint density at radius 3 is 2.48 bits per heavy atom. The van der Waals surface area contributed by atoms with Gasteiger partial charge in [0, 0.05) is 5.69 Å². The summed E-state index contributed by atoms with van der Waals surface area (Å²) in [5.41, 5.74) is 1.05. The number of hydrogen-bond acceptors (Lipinski definition) is 3. The van der Waals surface area contributed by atoms with E-state index in [1.54, 1.807) is 6.92 Å². The lowest BCUT2D eigenvalue weighted by molar-refractivity contribution is 0.0597. The third-order valence-corrected chi connectivity index (χ3v) is 3.23. The van der Waals surface area contributed by atoms with E-state index in [4.69, 9.17) is 11.6 Å². The molecule has 6 heteroatoms. The maximum absolute atomic E-state index is 14.0. The molecule has 0 heterocycles. The zero-order valence-electron chi connectivity index (χ0n) is 11.3. The van der Waals surface area contributed by atoms with E-state index < -0.39 is 11.8 Å². The van der Waals surface area contributed by atoms with Crippen LogP contribution in [0.3, 0.4) is 0 Å². The molecule has 0 unspecified atom stereocenters. The van der Waals surface area contributed by atoms with Gasteiger partial charge in [-0.3, -0.25) is 0 Å². The Morgan fingerprint density at radius 1 is 1.19 bits per heavy atom. The molecule has 0 aliphatic heterocycles. The molecule has 2 rings (SSSR count). The van der Waals surface area contributed by atoms with Crippen LogP contribution in [0.5, 0.6) is 0 Å². The van der Waals surface area contributed by atoms with Gasteiger partial charge in [0.25, 0.3) is 0 Å². The molecular weight excluding hydrogens is 300 g/mol. The van der Waals surface area contributed by atoms with Gasteiger partial charge in [-0.25, -0.2) is 13.6 Å². The van der Waals surface area contributed by atoms with Gasteiger partial charge >= 0.3 is 5.97 Å². The molecule has 3 nitrogen and oxygen atoms in total. The van der Waals surface area contributed by atoms with E-state index in [2.05, 4.69) is 10.1 Å². The molecule has 0 radical (unpaired) electrons. The fraction of sp³-hybridized carbons (Fsp3) is 0.133. The summed E-state index contributed by atoms with van der Waals surface area (Å²) in [5.74, 6) is -2.10. The molecular formula is C15H12ClF2NO2. The molecule has 0 bridgehead atoms. The molecule has 2 aromatic carbocycles. The highest BCUT2D eigenvalue weighted by molar-refractivity contribution is 6.31. The second-order valence-corrected chi connectivity index (χ2v) is 4.77. The Hall–Kier alpha value is -2.14. The minimum Gasteiger partial charge on any atom is -0.465 e. The number of rotatable bonds is 3. The predicted octanol–water partition coefficient (Wildman–Crippen LogP) is 4.46. The monoisotopic (exact) mass is 311 g/mol. The van der Waals surface area contributed by atoms with E-state index >= 15 is 0 Å². The number of benzene rings is 2. The molecule has 0 aliphatic carbocycles. The zero-order valence-corrected chi connectivity index (χ0v) is 12.1. The van der Waals surface area contributed by atoms with E-state index in [1.807, 2.05) is 0 Å². The van der Waals surface area contributed by atoms with Crippen molar-refractivity contribution in [2.75, 3.05) is 12.4 Å². The van der Waals surface area contributed by atoms with Gasteiger partial charge in [-0.1, -0.05) is 11.6 Å². The van der Waals surface area contributed by atoms with Crippen LogP contribution in [0.2, 0.25) is 5.02 Å². The zero-order chi connectivity index (χ0) is 15.6. The molecule has 0 amide bonds. The smallest absolute Gasteiger partial charge is 0.343 e. The summed E-state index contributed by atoms with van der Waals surface area (Å²) in [6.45, 7) is 1.69. The first-order valence-corrected chi connectivity index (χ1v) is 6.41. The number of anilines is 2. The van der Waals surface area contributed by atoms with Crippen LogP contribution in [0.25, 0.3) is 0 Å². The summed E-state index contributed by atoms with van der Waals surface area (Å²) >= 11 is 5.68. The first-order valence-electron chi connectivity index (χ1n) is 6.03. The maximum atomic E-state index is 14.0. The van der Waals surface area contributed by atoms with E-state index in [-0.39, 0.29) is 22.1 Å². The molecule has 0 aliphatic rings. The van der Waals surface area contributed by atoms with Crippen molar-refractivity contribution >= 4 is 28.9 Å². The van der Waals surface area contributed by atoms with E-state index in [1.165, 1.54) is 30.3 Å². The summed E-state index contributed by atoms with van der Waals surface area (Å²) in [7, 11) is 1.15. The highest BCUT2D eigenvalue weighted by Gasteiger charge is 2.20. The van der Waals surface area contributed by atoms with Crippen molar-refractivity contribution in [1.29, 1.82) is 0 Å². The molecule has 0 fully saturated rings. The summed E-state index contributed by atoms with van der Waals surface area (Å²) in [4.78, 5) is 11.7. The standard InChI is InChI=1S/C15H12ClF2NO2/c1-8-7-9(17)3-5-11(8)19-12-6-4-10(16)14(18)13(12)15(20)21-2/h3-7,19H,1-2H3. The van der Waals surface area contributed by atoms with Gasteiger partial charge in [-0.05, 0) is 42.8 Å². The lowest BCUT2D eigenvalue weighted by atomic mass is 10.1. The Balaban J connectivity index is 2.49. The van der Waals surface area contributed by atoms with Crippen LogP contribution in [0.4, 0.5) is 20.2 Å². The molecule has 0 saturated heterocycles. The average Bonchev–Trinajstić information content (AvgIpc) is 2.45. The van der Waals surface area contributed by atoms with Crippen LogP contribution in [0.15, 0.2) is 30.3 Å². The first kappa shape index (κ1) is 15.3. The number of esters is 1. The Labute approximate surface area is 125 Å². The van der Waals surface area contributed by atoms with Crippen LogP contribution in [0, 0.1) is 18.6 Å². The van der Waals surface area contributed by atoms with E-state index in [0.717, 1.165) is 7.11 Å². The normalized spacial score (nSPS) is 10.3. The molecule has 0 aromatic heterocycles. The largest absolute Gasteiger partial charge is 0.465 e. The van der Waals surface area contributed by atoms with Crippen molar-refractivity contribution in [3.63, 3.8) is 0 Å². The second-order valence-electron chi connectivity index (χ2n) is 4.36. The van der Waals surface area contributed by atoms with Gasteiger partial charge in [-0.2, -0.15) is 0 Å². The lowest BCUT2D eigenvalue weighted by Crippen LogP contribution is -2.09. The third-order valence-electron chi connectivity index (χ3n) is 2.94. The number of aryl methyl sites for hydroxylation is 1. The predicted molar refractivity (Wildman–Crippen MR) is 77.2 cm³/mol. The van der Waals surface area contributed by atoms with Crippen molar-refractivity contribution in [2.24, 2.45) is 0 Å². The fourth-order valence-electron chi connectivity index (χ4n) is 1.87. The van der Waals surface area contributed by atoms with Crippen LogP contribution < -0.4 is 5.32 Å². The molecule has 110 valence electrons. The van der Waals surface area contributed by atoms with E-state index in [0.29, 0.717) is 11.3 Å². The summed E-state index contributed by atoms with van der Waals surface area (Å²) in [6, 6.07) is 6.87. The number of carbonyl (C=O) groups excluding carboxylic acids is 1. The first-order chi connectivity index (χ1) is 9.93. The summed E-state index contributed by atoms with van der Waals surface area (Å²) < 4.78 is 31.7. The molecule has 0 saturated carbocycles. The lowest BCUT2D eigenvalue weighted by Gasteiger charge is -2.14. The van der Waals surface area contributed by atoms with Crippen molar-refractivity contribution in [1.82, 2.24) is 0 Å². The number of ether oxygens (including phenoxy) is 1. The van der Waals surface area contributed by atoms with Crippen LogP contribution >= 0.6 is 11.6 Å². The van der Waals surface area contributed by atoms with Gasteiger partial charge in [-0.15, -0.1) is 0 Å². The molecule has 21 heavy (non-hydrogen) atoms. The minimum absolute atomic E-state index is 0.184. The molecule has 0 spiro atoms. The minimum atomic E-state index is -0.867. The molecule has 0 atom stereocenters. The number of methoxy groups -OCH3 is 1. The third kappa shape index (κ3) is 3.13.